The highest BCUT2D eigenvalue weighted by Gasteiger charge is 2.24. The van der Waals surface area contributed by atoms with Crippen LogP contribution in [0.1, 0.15) is 38.5 Å². The normalized spacial score (nSPS) is 28.3. The van der Waals surface area contributed by atoms with Gasteiger partial charge in [-0.25, -0.2) is 0 Å². The van der Waals surface area contributed by atoms with Crippen molar-refractivity contribution in [2.24, 2.45) is 5.92 Å². The molecular weight excluding hydrogens is 240 g/mol. The van der Waals surface area contributed by atoms with Gasteiger partial charge in [0.2, 0.25) is 5.91 Å². The number of nitrogens with one attached hydrogen (secondary N) is 2. The largest absolute Gasteiger partial charge is 0.391 e. The summed E-state index contributed by atoms with van der Waals surface area (Å²) < 4.78 is 0. The van der Waals surface area contributed by atoms with Gasteiger partial charge in [0, 0.05) is 0 Å². The summed E-state index contributed by atoms with van der Waals surface area (Å²) >= 11 is 0. The molecule has 0 spiro atoms. The molecule has 0 aliphatic heterocycles. The van der Waals surface area contributed by atoms with E-state index in [1.807, 2.05) is 0 Å². The molecule has 0 unspecified atom stereocenters. The van der Waals surface area contributed by atoms with Crippen LogP contribution in [0.3, 0.4) is 0 Å². The summed E-state index contributed by atoms with van der Waals surface area (Å²) in [7, 11) is 0. The number of aliphatic hydroxyl groups excluding tert-OH is 1. The Labute approximate surface area is 109 Å². The fraction of sp³-hybridized carbons (Fsp3) is 0.917. The van der Waals surface area contributed by atoms with Crippen LogP contribution in [0.4, 0.5) is 0 Å². The Kier molecular flexibility index (Phi) is 6.23. The maximum Gasteiger partial charge on any atom is 0.234 e. The molecule has 100 valence electrons. The molecule has 2 atom stereocenters. The fourth-order valence-electron chi connectivity index (χ4n) is 2.25. The average molecular weight is 263 g/mol. The van der Waals surface area contributed by atoms with Crippen LogP contribution in [0.5, 0.6) is 0 Å². The quantitative estimate of drug-likeness (QED) is 0.688. The summed E-state index contributed by atoms with van der Waals surface area (Å²) in [5.74, 6) is 0.819. The molecule has 5 heteroatoms. The number of aliphatic hydroxyl groups is 1. The van der Waals surface area contributed by atoms with Gasteiger partial charge < -0.3 is 15.7 Å². The summed E-state index contributed by atoms with van der Waals surface area (Å²) in [6.45, 7) is 1.35. The van der Waals surface area contributed by atoms with Crippen molar-refractivity contribution in [3.63, 3.8) is 0 Å². The van der Waals surface area contributed by atoms with Crippen molar-refractivity contribution in [1.82, 2.24) is 10.6 Å². The standard InChI is InChI=1S/C12H22N2O2.ClH/c15-11-4-2-1-3-10(11)14-12(16)8-13-7-9-5-6-9;/h9-11,13,15H,1-8H2,(H,14,16);1H/t10-,11-;/m0./s1. The molecule has 0 aromatic rings. The second-order valence-electron chi connectivity index (χ2n) is 5.10. The van der Waals surface area contributed by atoms with Crippen molar-refractivity contribution in [2.75, 3.05) is 13.1 Å². The molecule has 2 aliphatic carbocycles. The molecule has 4 nitrogen and oxygen atoms in total. The molecule has 2 saturated carbocycles. The minimum atomic E-state index is -0.346. The second-order valence-corrected chi connectivity index (χ2v) is 5.10. The van der Waals surface area contributed by atoms with Crippen molar-refractivity contribution < 1.29 is 9.90 Å². The third-order valence-corrected chi connectivity index (χ3v) is 3.49. The van der Waals surface area contributed by atoms with E-state index in [2.05, 4.69) is 10.6 Å². The van der Waals surface area contributed by atoms with Crippen molar-refractivity contribution >= 4 is 18.3 Å². The van der Waals surface area contributed by atoms with Crippen molar-refractivity contribution in [3.8, 4) is 0 Å². The minimum Gasteiger partial charge on any atom is -0.391 e. The Balaban J connectivity index is 0.00000144. The summed E-state index contributed by atoms with van der Waals surface area (Å²) in [5, 5.41) is 15.8. The summed E-state index contributed by atoms with van der Waals surface area (Å²) in [6, 6.07) is -0.0241. The minimum absolute atomic E-state index is 0. The molecular formula is C12H23ClN2O2. The molecule has 0 bridgehead atoms. The van der Waals surface area contributed by atoms with E-state index < -0.39 is 0 Å². The Morgan fingerprint density at radius 1 is 1.18 bits per heavy atom. The lowest BCUT2D eigenvalue weighted by Gasteiger charge is -2.28. The predicted molar refractivity (Wildman–Crippen MR) is 69.2 cm³/mol. The van der Waals surface area contributed by atoms with E-state index >= 15 is 0 Å². The molecule has 2 fully saturated rings. The molecule has 3 N–H and O–H groups in total. The summed E-state index contributed by atoms with van der Waals surface area (Å²) in [5.41, 5.74) is 0. The van der Waals surface area contributed by atoms with E-state index in [-0.39, 0.29) is 30.5 Å². The second kappa shape index (κ2) is 7.19. The number of halogens is 1. The molecule has 0 radical (unpaired) electrons. The fourth-order valence-corrected chi connectivity index (χ4v) is 2.25. The van der Waals surface area contributed by atoms with Crippen LogP contribution in [0, 0.1) is 5.92 Å². The molecule has 0 heterocycles. The summed E-state index contributed by atoms with van der Waals surface area (Å²) in [4.78, 5) is 11.6. The number of carbonyl (C=O) groups excluding carboxylic acids is 1. The lowest BCUT2D eigenvalue weighted by molar-refractivity contribution is -0.122. The molecule has 2 aliphatic rings. The van der Waals surface area contributed by atoms with Crippen LogP contribution in [-0.2, 0) is 4.79 Å². The Morgan fingerprint density at radius 2 is 1.88 bits per heavy atom. The van der Waals surface area contributed by atoms with Gasteiger partial charge in [-0.1, -0.05) is 12.8 Å². The molecule has 0 aromatic heterocycles. The third-order valence-electron chi connectivity index (χ3n) is 3.49. The number of rotatable bonds is 5. The Bertz CT molecular complexity index is 247. The third kappa shape index (κ3) is 5.23. The van der Waals surface area contributed by atoms with Crippen LogP contribution in [-0.4, -0.2) is 36.2 Å². The topological polar surface area (TPSA) is 61.4 Å². The Hall–Kier alpha value is -0.320. The molecule has 1 amide bonds. The van der Waals surface area contributed by atoms with Crippen LogP contribution in [0.15, 0.2) is 0 Å². The first-order chi connectivity index (χ1) is 7.75. The maximum atomic E-state index is 11.6. The van der Waals surface area contributed by atoms with Crippen LogP contribution in [0.25, 0.3) is 0 Å². The van der Waals surface area contributed by atoms with E-state index in [4.69, 9.17) is 0 Å². The lowest BCUT2D eigenvalue weighted by atomic mass is 9.92. The van der Waals surface area contributed by atoms with Crippen molar-refractivity contribution in [1.29, 1.82) is 0 Å². The van der Waals surface area contributed by atoms with Crippen molar-refractivity contribution in [3.05, 3.63) is 0 Å². The lowest BCUT2D eigenvalue weighted by Crippen LogP contribution is -2.47. The van der Waals surface area contributed by atoms with Gasteiger partial charge in [-0.2, -0.15) is 0 Å². The smallest absolute Gasteiger partial charge is 0.234 e. The van der Waals surface area contributed by atoms with E-state index in [0.29, 0.717) is 6.54 Å². The van der Waals surface area contributed by atoms with Gasteiger partial charge in [-0.05, 0) is 38.1 Å². The molecule has 17 heavy (non-hydrogen) atoms. The van der Waals surface area contributed by atoms with E-state index in [1.165, 1.54) is 12.8 Å². The molecule has 0 aromatic carbocycles. The van der Waals surface area contributed by atoms with E-state index in [1.54, 1.807) is 0 Å². The monoisotopic (exact) mass is 262 g/mol. The zero-order chi connectivity index (χ0) is 11.4. The first-order valence-electron chi connectivity index (χ1n) is 6.44. The average Bonchev–Trinajstić information content (AvgIpc) is 3.05. The van der Waals surface area contributed by atoms with Gasteiger partial charge >= 0.3 is 0 Å². The molecule has 2 rings (SSSR count). The highest BCUT2D eigenvalue weighted by atomic mass is 35.5. The van der Waals surface area contributed by atoms with Gasteiger partial charge in [-0.15, -0.1) is 12.4 Å². The SMILES string of the molecule is Cl.O=C(CNCC1CC1)N[C@H]1CCCC[C@@H]1O. The first-order valence-corrected chi connectivity index (χ1v) is 6.44. The van der Waals surface area contributed by atoms with Crippen LogP contribution < -0.4 is 10.6 Å². The van der Waals surface area contributed by atoms with Gasteiger partial charge in [0.1, 0.15) is 0 Å². The number of hydrogen-bond donors (Lipinski definition) is 3. The van der Waals surface area contributed by atoms with Gasteiger partial charge in [0.15, 0.2) is 0 Å². The maximum absolute atomic E-state index is 11.6. The number of carbonyl (C=O) groups is 1. The molecule has 0 saturated heterocycles. The van der Waals surface area contributed by atoms with Crippen LogP contribution in [0.2, 0.25) is 0 Å². The Morgan fingerprint density at radius 3 is 2.53 bits per heavy atom. The zero-order valence-electron chi connectivity index (χ0n) is 10.2. The first kappa shape index (κ1) is 14.7. The van der Waals surface area contributed by atoms with E-state index in [9.17, 15) is 9.90 Å². The van der Waals surface area contributed by atoms with Crippen LogP contribution >= 0.6 is 12.4 Å². The predicted octanol–water partition coefficient (Wildman–Crippen LogP) is 0.827. The van der Waals surface area contributed by atoms with Crippen molar-refractivity contribution in [2.45, 2.75) is 50.7 Å². The number of hydrogen-bond acceptors (Lipinski definition) is 3. The zero-order valence-corrected chi connectivity index (χ0v) is 11.0. The summed E-state index contributed by atoms with van der Waals surface area (Å²) in [6.07, 6.45) is 6.17. The highest BCUT2D eigenvalue weighted by Crippen LogP contribution is 2.27. The number of amides is 1. The van der Waals surface area contributed by atoms with Gasteiger partial charge in [0.25, 0.3) is 0 Å². The highest BCUT2D eigenvalue weighted by molar-refractivity contribution is 5.85. The van der Waals surface area contributed by atoms with Gasteiger partial charge in [-0.3, -0.25) is 4.79 Å². The van der Waals surface area contributed by atoms with Gasteiger partial charge in [0.05, 0.1) is 18.7 Å². The van der Waals surface area contributed by atoms with E-state index in [0.717, 1.165) is 38.1 Å².